The topological polar surface area (TPSA) is 46.3 Å². The summed E-state index contributed by atoms with van der Waals surface area (Å²) in [7, 11) is 0. The van der Waals surface area contributed by atoms with Crippen molar-refractivity contribution in [2.75, 3.05) is 18.0 Å². The van der Waals surface area contributed by atoms with Crippen LogP contribution in [0.1, 0.15) is 22.8 Å². The maximum Gasteiger partial charge on any atom is 0.176 e. The van der Waals surface area contributed by atoms with Crippen LogP contribution in [0.15, 0.2) is 54.6 Å². The van der Waals surface area contributed by atoms with E-state index in [1.54, 1.807) is 0 Å². The fraction of sp³-hybridized carbons (Fsp3) is 0.235. The van der Waals surface area contributed by atoms with Gasteiger partial charge in [-0.1, -0.05) is 30.3 Å². The van der Waals surface area contributed by atoms with Crippen LogP contribution in [0, 0.1) is 0 Å². The van der Waals surface area contributed by atoms with Crippen molar-refractivity contribution >= 4 is 11.5 Å². The monoisotopic (exact) mass is 268 g/mol. The Hall–Kier alpha value is -2.13. The number of hydrogen-bond acceptors (Lipinski definition) is 3. The molecule has 0 radical (unpaired) electrons. The lowest BCUT2D eigenvalue weighted by molar-refractivity contribution is 0.100. The van der Waals surface area contributed by atoms with Crippen molar-refractivity contribution in [3.8, 4) is 0 Å². The van der Waals surface area contributed by atoms with Gasteiger partial charge in [0.2, 0.25) is 0 Å². The predicted molar refractivity (Wildman–Crippen MR) is 83.0 cm³/mol. The number of nitrogens with two attached hydrogens (primary N) is 1. The Morgan fingerprint density at radius 2 is 1.70 bits per heavy atom. The van der Waals surface area contributed by atoms with Gasteiger partial charge in [-0.3, -0.25) is 4.79 Å². The molecular weight excluding hydrogens is 248 g/mol. The number of benzene rings is 2. The van der Waals surface area contributed by atoms with Crippen LogP contribution in [0.3, 0.4) is 0 Å². The average molecular weight is 268 g/mol. The molecule has 0 aliphatic carbocycles. The van der Waals surface area contributed by atoms with Crippen molar-refractivity contribution < 1.29 is 4.79 Å². The zero-order valence-corrected chi connectivity index (χ0v) is 11.8. The van der Waals surface area contributed by atoms with Gasteiger partial charge in [-0.25, -0.2) is 0 Å². The van der Waals surface area contributed by atoms with Gasteiger partial charge in [0.05, 0.1) is 6.54 Å². The zero-order valence-electron chi connectivity index (χ0n) is 11.8. The van der Waals surface area contributed by atoms with E-state index in [1.165, 1.54) is 5.56 Å². The summed E-state index contributed by atoms with van der Waals surface area (Å²) >= 11 is 0. The second-order valence-electron chi connectivity index (χ2n) is 4.67. The van der Waals surface area contributed by atoms with Crippen molar-refractivity contribution in [3.05, 3.63) is 65.7 Å². The van der Waals surface area contributed by atoms with Crippen LogP contribution in [-0.2, 0) is 6.54 Å². The van der Waals surface area contributed by atoms with E-state index in [0.29, 0.717) is 5.56 Å². The smallest absolute Gasteiger partial charge is 0.176 e. The van der Waals surface area contributed by atoms with Crippen LogP contribution >= 0.6 is 0 Å². The van der Waals surface area contributed by atoms with Gasteiger partial charge in [0.15, 0.2) is 5.78 Å². The van der Waals surface area contributed by atoms with Crippen molar-refractivity contribution in [3.63, 3.8) is 0 Å². The van der Waals surface area contributed by atoms with Gasteiger partial charge in [0.1, 0.15) is 0 Å². The molecule has 2 rings (SSSR count). The predicted octanol–water partition coefficient (Wildman–Crippen LogP) is 2.85. The van der Waals surface area contributed by atoms with E-state index in [0.717, 1.165) is 18.8 Å². The first-order chi connectivity index (χ1) is 9.74. The molecule has 0 unspecified atom stereocenters. The molecule has 20 heavy (non-hydrogen) atoms. The minimum atomic E-state index is -0.0253. The molecule has 0 fully saturated rings. The molecule has 0 aromatic heterocycles. The fourth-order valence-corrected chi connectivity index (χ4v) is 2.17. The molecule has 0 amide bonds. The standard InChI is InChI=1S/C17H20N2O/c1-2-19(13-14-6-4-3-5-7-14)16-10-8-15(9-11-16)17(20)12-18/h3-11H,2,12-13,18H2,1H3. The summed E-state index contributed by atoms with van der Waals surface area (Å²) in [6, 6.07) is 18.0. The summed E-state index contributed by atoms with van der Waals surface area (Å²) in [5.74, 6) is -0.0253. The van der Waals surface area contributed by atoms with E-state index in [-0.39, 0.29) is 12.3 Å². The molecule has 2 aromatic rings. The Bertz CT molecular complexity index is 549. The Morgan fingerprint density at radius 1 is 1.05 bits per heavy atom. The van der Waals surface area contributed by atoms with E-state index in [2.05, 4.69) is 24.0 Å². The lowest BCUT2D eigenvalue weighted by atomic mass is 10.1. The Morgan fingerprint density at radius 3 is 2.25 bits per heavy atom. The van der Waals surface area contributed by atoms with Gasteiger partial charge in [-0.15, -0.1) is 0 Å². The van der Waals surface area contributed by atoms with Crippen LogP contribution < -0.4 is 10.6 Å². The minimum Gasteiger partial charge on any atom is -0.367 e. The van der Waals surface area contributed by atoms with Gasteiger partial charge in [0.25, 0.3) is 0 Å². The third-order valence-electron chi connectivity index (χ3n) is 3.34. The Balaban J connectivity index is 2.13. The molecule has 0 atom stereocenters. The lowest BCUT2D eigenvalue weighted by Gasteiger charge is -2.23. The van der Waals surface area contributed by atoms with E-state index in [1.807, 2.05) is 42.5 Å². The third kappa shape index (κ3) is 3.45. The third-order valence-corrected chi connectivity index (χ3v) is 3.34. The molecule has 0 aliphatic rings. The molecule has 104 valence electrons. The number of carbonyl (C=O) groups excluding carboxylic acids is 1. The first kappa shape index (κ1) is 14.3. The molecule has 0 aliphatic heterocycles. The van der Waals surface area contributed by atoms with Gasteiger partial charge >= 0.3 is 0 Å². The van der Waals surface area contributed by atoms with Crippen molar-refractivity contribution in [1.29, 1.82) is 0 Å². The highest BCUT2D eigenvalue weighted by atomic mass is 16.1. The van der Waals surface area contributed by atoms with Crippen molar-refractivity contribution in [2.24, 2.45) is 5.73 Å². The number of ketones is 1. The molecule has 0 heterocycles. The van der Waals surface area contributed by atoms with Crippen LogP contribution in [-0.4, -0.2) is 18.9 Å². The lowest BCUT2D eigenvalue weighted by Crippen LogP contribution is -2.22. The Labute approximate surface area is 120 Å². The molecule has 2 aromatic carbocycles. The van der Waals surface area contributed by atoms with E-state index in [9.17, 15) is 4.79 Å². The maximum absolute atomic E-state index is 11.5. The average Bonchev–Trinajstić information content (AvgIpc) is 2.53. The largest absolute Gasteiger partial charge is 0.367 e. The molecule has 0 spiro atoms. The second kappa shape index (κ2) is 6.87. The highest BCUT2D eigenvalue weighted by molar-refractivity contribution is 5.97. The molecule has 0 saturated heterocycles. The molecule has 3 heteroatoms. The van der Waals surface area contributed by atoms with Crippen LogP contribution in [0.5, 0.6) is 0 Å². The number of rotatable bonds is 6. The molecule has 3 nitrogen and oxygen atoms in total. The van der Waals surface area contributed by atoms with E-state index in [4.69, 9.17) is 5.73 Å². The summed E-state index contributed by atoms with van der Waals surface area (Å²) in [4.78, 5) is 13.8. The Kier molecular flexibility index (Phi) is 4.91. The van der Waals surface area contributed by atoms with Gasteiger partial charge in [-0.2, -0.15) is 0 Å². The molecule has 2 N–H and O–H groups in total. The minimum absolute atomic E-state index is 0.0253. The first-order valence-electron chi connectivity index (χ1n) is 6.86. The van der Waals surface area contributed by atoms with Crippen molar-refractivity contribution in [2.45, 2.75) is 13.5 Å². The second-order valence-corrected chi connectivity index (χ2v) is 4.67. The normalized spacial score (nSPS) is 10.3. The molecular formula is C17H20N2O. The summed E-state index contributed by atoms with van der Waals surface area (Å²) in [6.07, 6.45) is 0. The van der Waals surface area contributed by atoms with E-state index < -0.39 is 0 Å². The summed E-state index contributed by atoms with van der Waals surface area (Å²) in [5, 5.41) is 0. The van der Waals surface area contributed by atoms with Gasteiger partial charge < -0.3 is 10.6 Å². The first-order valence-corrected chi connectivity index (χ1v) is 6.86. The van der Waals surface area contributed by atoms with Crippen LogP contribution in [0.2, 0.25) is 0 Å². The molecule has 0 bridgehead atoms. The van der Waals surface area contributed by atoms with Gasteiger partial charge in [-0.05, 0) is 36.8 Å². The van der Waals surface area contributed by atoms with Crippen molar-refractivity contribution in [1.82, 2.24) is 0 Å². The summed E-state index contributed by atoms with van der Waals surface area (Å²) < 4.78 is 0. The number of nitrogens with zero attached hydrogens (tertiary/aromatic N) is 1. The SMILES string of the molecule is CCN(Cc1ccccc1)c1ccc(C(=O)CN)cc1. The highest BCUT2D eigenvalue weighted by Crippen LogP contribution is 2.18. The number of Topliss-reactive ketones (excluding diaryl/α,β-unsaturated/α-hetero) is 1. The maximum atomic E-state index is 11.5. The fourth-order valence-electron chi connectivity index (χ4n) is 2.17. The number of anilines is 1. The number of hydrogen-bond donors (Lipinski definition) is 1. The highest BCUT2D eigenvalue weighted by Gasteiger charge is 2.07. The van der Waals surface area contributed by atoms with Crippen LogP contribution in [0.25, 0.3) is 0 Å². The summed E-state index contributed by atoms with van der Waals surface area (Å²) in [5.41, 5.74) is 8.43. The van der Waals surface area contributed by atoms with E-state index >= 15 is 0 Å². The number of carbonyl (C=O) groups is 1. The molecule has 0 saturated carbocycles. The van der Waals surface area contributed by atoms with Crippen LogP contribution in [0.4, 0.5) is 5.69 Å². The van der Waals surface area contributed by atoms with Gasteiger partial charge in [0, 0.05) is 24.3 Å². The zero-order chi connectivity index (χ0) is 14.4. The summed E-state index contributed by atoms with van der Waals surface area (Å²) in [6.45, 7) is 3.96. The quantitative estimate of drug-likeness (QED) is 0.819.